The van der Waals surface area contributed by atoms with E-state index in [0.29, 0.717) is 6.54 Å². The monoisotopic (exact) mass is 497 g/mol. The SMILES string of the molecule is COC1[C@H](O)C(OC)[C@]2(C)O[C@H]1n1c3ccccc3c3c4c(c5c6ccccc6n2c5c31)CN(C)C4=O. The van der Waals surface area contributed by atoms with Gasteiger partial charge in [0.05, 0.1) is 27.6 Å². The van der Waals surface area contributed by atoms with Crippen LogP contribution in [0.4, 0.5) is 0 Å². The first-order valence-corrected chi connectivity index (χ1v) is 12.6. The van der Waals surface area contributed by atoms with Crippen LogP contribution >= 0.6 is 0 Å². The summed E-state index contributed by atoms with van der Waals surface area (Å²) in [6.07, 6.45) is -2.99. The highest BCUT2D eigenvalue weighted by Gasteiger charge is 2.57. The van der Waals surface area contributed by atoms with Crippen molar-refractivity contribution >= 4 is 49.5 Å². The predicted octanol–water partition coefficient (Wildman–Crippen LogP) is 4.09. The lowest BCUT2D eigenvalue weighted by Gasteiger charge is -2.49. The molecule has 3 aliphatic rings. The summed E-state index contributed by atoms with van der Waals surface area (Å²) in [6.45, 7) is 2.52. The number of fused-ring (bicyclic) bond motifs is 13. The zero-order valence-corrected chi connectivity index (χ0v) is 21.1. The van der Waals surface area contributed by atoms with Gasteiger partial charge in [-0.15, -0.1) is 0 Å². The first-order chi connectivity index (χ1) is 17.9. The Balaban J connectivity index is 1.73. The molecule has 3 aliphatic heterocycles. The Morgan fingerprint density at radius 1 is 0.973 bits per heavy atom. The zero-order valence-electron chi connectivity index (χ0n) is 21.1. The number of methoxy groups -OCH3 is 2. The molecule has 37 heavy (non-hydrogen) atoms. The smallest absolute Gasteiger partial charge is 0.254 e. The van der Waals surface area contributed by atoms with Crippen LogP contribution in [0.3, 0.4) is 0 Å². The second kappa shape index (κ2) is 6.90. The van der Waals surface area contributed by atoms with Crippen molar-refractivity contribution in [2.75, 3.05) is 21.3 Å². The standard InChI is InChI=1S/C29H27N3O5/c1-29-26(36-4)24(33)25(35-3)28(37-29)31-17-11-7-5-9-14(17)20-21-16(13-30(2)27(21)34)19-15-10-6-8-12-18(15)32(29)23(19)22(20)31/h5-12,24-26,28,33H,13H2,1-4H3/t24-,25?,26?,28+,29-/m0/s1. The van der Waals surface area contributed by atoms with Gasteiger partial charge in [-0.2, -0.15) is 0 Å². The first-order valence-electron chi connectivity index (χ1n) is 12.6. The quantitative estimate of drug-likeness (QED) is 0.398. The number of ether oxygens (including phenoxy) is 3. The van der Waals surface area contributed by atoms with Crippen molar-refractivity contribution in [3.8, 4) is 0 Å². The van der Waals surface area contributed by atoms with Gasteiger partial charge in [-0.3, -0.25) is 4.79 Å². The second-order valence-electron chi connectivity index (χ2n) is 10.6. The van der Waals surface area contributed by atoms with Crippen LogP contribution in [0.2, 0.25) is 0 Å². The Morgan fingerprint density at radius 3 is 2.35 bits per heavy atom. The Labute approximate surface area is 212 Å². The number of nitrogens with zero attached hydrogens (tertiary/aromatic N) is 3. The molecule has 0 saturated carbocycles. The maximum absolute atomic E-state index is 13.7. The van der Waals surface area contributed by atoms with Crippen LogP contribution in [-0.4, -0.2) is 64.6 Å². The van der Waals surface area contributed by atoms with Gasteiger partial charge in [0.2, 0.25) is 0 Å². The van der Waals surface area contributed by atoms with Gasteiger partial charge in [-0.25, -0.2) is 0 Å². The molecule has 5 atom stereocenters. The van der Waals surface area contributed by atoms with E-state index < -0.39 is 30.3 Å². The van der Waals surface area contributed by atoms with Gasteiger partial charge in [-0.1, -0.05) is 36.4 Å². The number of para-hydroxylation sites is 2. The summed E-state index contributed by atoms with van der Waals surface area (Å²) in [5.41, 5.74) is 4.56. The molecule has 3 aromatic carbocycles. The molecule has 8 rings (SSSR count). The van der Waals surface area contributed by atoms with Gasteiger partial charge in [0, 0.05) is 49.4 Å². The zero-order chi connectivity index (χ0) is 25.4. The number of carbonyl (C=O) groups is 1. The van der Waals surface area contributed by atoms with E-state index in [0.717, 1.165) is 54.7 Å². The molecule has 2 unspecified atom stereocenters. The van der Waals surface area contributed by atoms with E-state index in [2.05, 4.69) is 33.4 Å². The normalized spacial score (nSPS) is 28.8. The molecular weight excluding hydrogens is 470 g/mol. The van der Waals surface area contributed by atoms with Crippen LogP contribution in [0, 0.1) is 0 Å². The summed E-state index contributed by atoms with van der Waals surface area (Å²) >= 11 is 0. The second-order valence-corrected chi connectivity index (χ2v) is 10.6. The molecule has 2 aromatic heterocycles. The van der Waals surface area contributed by atoms with E-state index in [1.807, 2.05) is 38.2 Å². The summed E-state index contributed by atoms with van der Waals surface area (Å²) in [5.74, 6) is 0.0223. The summed E-state index contributed by atoms with van der Waals surface area (Å²) in [4.78, 5) is 15.5. The molecule has 1 N–H and O–H groups in total. The number of hydrogen-bond donors (Lipinski definition) is 1. The van der Waals surface area contributed by atoms with Gasteiger partial charge in [0.15, 0.2) is 12.0 Å². The van der Waals surface area contributed by atoms with Crippen LogP contribution in [0.5, 0.6) is 0 Å². The molecule has 0 spiro atoms. The molecule has 8 heteroatoms. The van der Waals surface area contributed by atoms with Crippen LogP contribution in [0.25, 0.3) is 43.6 Å². The lowest BCUT2D eigenvalue weighted by Crippen LogP contribution is -2.62. The van der Waals surface area contributed by atoms with Crippen molar-refractivity contribution in [1.82, 2.24) is 14.0 Å². The Hall–Kier alpha value is -3.43. The lowest BCUT2D eigenvalue weighted by atomic mass is 9.93. The summed E-state index contributed by atoms with van der Waals surface area (Å²) in [5, 5.41) is 15.7. The van der Waals surface area contributed by atoms with E-state index >= 15 is 0 Å². The van der Waals surface area contributed by atoms with E-state index in [9.17, 15) is 9.90 Å². The highest BCUT2D eigenvalue weighted by atomic mass is 16.6. The molecule has 8 nitrogen and oxygen atoms in total. The van der Waals surface area contributed by atoms with Crippen molar-refractivity contribution in [2.24, 2.45) is 0 Å². The van der Waals surface area contributed by atoms with Crippen LogP contribution in [0.1, 0.15) is 29.1 Å². The molecule has 2 bridgehead atoms. The number of amides is 1. The fourth-order valence-electron chi connectivity index (χ4n) is 7.44. The van der Waals surface area contributed by atoms with Gasteiger partial charge < -0.3 is 33.4 Å². The number of aromatic nitrogens is 2. The van der Waals surface area contributed by atoms with Crippen molar-refractivity contribution in [2.45, 2.75) is 43.7 Å². The predicted molar refractivity (Wildman–Crippen MR) is 140 cm³/mol. The van der Waals surface area contributed by atoms with Crippen LogP contribution in [0.15, 0.2) is 48.5 Å². The van der Waals surface area contributed by atoms with Crippen LogP contribution < -0.4 is 0 Å². The number of aliphatic hydroxyl groups is 1. The fourth-order valence-corrected chi connectivity index (χ4v) is 7.44. The van der Waals surface area contributed by atoms with Crippen molar-refractivity contribution in [3.63, 3.8) is 0 Å². The molecule has 0 radical (unpaired) electrons. The minimum absolute atomic E-state index is 0.0223. The largest absolute Gasteiger partial charge is 0.387 e. The average Bonchev–Trinajstić information content (AvgIpc) is 3.49. The fraction of sp³-hybridized carbons (Fsp3) is 0.345. The summed E-state index contributed by atoms with van der Waals surface area (Å²) in [6, 6.07) is 16.4. The van der Waals surface area contributed by atoms with Gasteiger partial charge in [0.25, 0.3) is 5.91 Å². The maximum Gasteiger partial charge on any atom is 0.254 e. The average molecular weight is 498 g/mol. The lowest BCUT2D eigenvalue weighted by molar-refractivity contribution is -0.317. The number of rotatable bonds is 2. The molecule has 0 aliphatic carbocycles. The third-order valence-electron chi connectivity index (χ3n) is 8.86. The van der Waals surface area contributed by atoms with E-state index in [1.54, 1.807) is 19.1 Å². The Kier molecular flexibility index (Phi) is 4.04. The minimum atomic E-state index is -1.05. The Bertz CT molecular complexity index is 1820. The molecular formula is C29H27N3O5. The molecule has 5 aromatic rings. The van der Waals surface area contributed by atoms with Crippen LogP contribution in [-0.2, 0) is 26.5 Å². The molecule has 1 saturated heterocycles. The van der Waals surface area contributed by atoms with Gasteiger partial charge in [-0.05, 0) is 24.6 Å². The first kappa shape index (κ1) is 21.6. The third-order valence-corrected chi connectivity index (χ3v) is 8.86. The highest BCUT2D eigenvalue weighted by molar-refractivity contribution is 6.30. The number of carbonyl (C=O) groups excluding carboxylic acids is 1. The summed E-state index contributed by atoms with van der Waals surface area (Å²) in [7, 11) is 5.05. The number of benzene rings is 3. The van der Waals surface area contributed by atoms with Gasteiger partial charge in [0.1, 0.15) is 18.3 Å². The number of aliphatic hydroxyl groups excluding tert-OH is 1. The molecule has 5 heterocycles. The third kappa shape index (κ3) is 2.28. The highest BCUT2D eigenvalue weighted by Crippen LogP contribution is 2.54. The van der Waals surface area contributed by atoms with E-state index in [4.69, 9.17) is 14.2 Å². The van der Waals surface area contributed by atoms with Crippen molar-refractivity contribution in [3.05, 3.63) is 59.7 Å². The number of hydrogen-bond acceptors (Lipinski definition) is 5. The molecule has 188 valence electrons. The minimum Gasteiger partial charge on any atom is -0.387 e. The van der Waals surface area contributed by atoms with Crippen molar-refractivity contribution < 1.29 is 24.1 Å². The maximum atomic E-state index is 13.7. The molecule has 1 fully saturated rings. The summed E-state index contributed by atoms with van der Waals surface area (Å²) < 4.78 is 23.2. The van der Waals surface area contributed by atoms with E-state index in [-0.39, 0.29) is 5.91 Å². The van der Waals surface area contributed by atoms with Crippen molar-refractivity contribution in [1.29, 1.82) is 0 Å². The topological polar surface area (TPSA) is 78.1 Å². The Morgan fingerprint density at radius 2 is 1.65 bits per heavy atom. The van der Waals surface area contributed by atoms with E-state index in [1.165, 1.54) is 0 Å². The molecule has 1 amide bonds. The van der Waals surface area contributed by atoms with Gasteiger partial charge >= 0.3 is 0 Å².